The molecule has 0 saturated carbocycles. The molecule has 0 spiro atoms. The number of carbonyl (C=O) groups excluding carboxylic acids is 1. The predicted molar refractivity (Wildman–Crippen MR) is 102 cm³/mol. The number of hydrogen-bond acceptors (Lipinski definition) is 4. The molecule has 4 nitrogen and oxygen atoms in total. The Hall–Kier alpha value is -1.72. The first-order valence-corrected chi connectivity index (χ1v) is 9.91. The summed E-state index contributed by atoms with van der Waals surface area (Å²) < 4.78 is 5.79. The molecule has 0 bridgehead atoms. The summed E-state index contributed by atoms with van der Waals surface area (Å²) in [5.41, 5.74) is 3.21. The third kappa shape index (κ3) is 4.10. The van der Waals surface area contributed by atoms with E-state index in [1.807, 2.05) is 11.8 Å². The van der Waals surface area contributed by atoms with Crippen LogP contribution in [0.25, 0.3) is 10.6 Å². The SMILES string of the molecule is CCc1ccc(-c2nc(C)c(C(=O)N3CCCO[C@@H](CC)C3)s2)cc1. The lowest BCUT2D eigenvalue weighted by atomic mass is 10.1. The molecule has 1 aromatic heterocycles. The van der Waals surface area contributed by atoms with Crippen LogP contribution in [0.4, 0.5) is 0 Å². The van der Waals surface area contributed by atoms with Crippen LogP contribution in [-0.2, 0) is 11.2 Å². The van der Waals surface area contributed by atoms with Crippen LogP contribution in [0.5, 0.6) is 0 Å². The van der Waals surface area contributed by atoms with Crippen molar-refractivity contribution >= 4 is 17.2 Å². The third-order valence-corrected chi connectivity index (χ3v) is 5.89. The summed E-state index contributed by atoms with van der Waals surface area (Å²) in [4.78, 5) is 20.4. The molecule has 1 aromatic carbocycles. The molecule has 1 atom stereocenters. The van der Waals surface area contributed by atoms with Crippen LogP contribution in [0.2, 0.25) is 0 Å². The Labute approximate surface area is 153 Å². The van der Waals surface area contributed by atoms with Crippen molar-refractivity contribution < 1.29 is 9.53 Å². The number of carbonyl (C=O) groups is 1. The molecule has 2 aromatic rings. The molecule has 0 N–H and O–H groups in total. The van der Waals surface area contributed by atoms with Crippen LogP contribution >= 0.6 is 11.3 Å². The summed E-state index contributed by atoms with van der Waals surface area (Å²) in [5.74, 6) is 0.0929. The van der Waals surface area contributed by atoms with Crippen LogP contribution in [0.15, 0.2) is 24.3 Å². The van der Waals surface area contributed by atoms with Crippen molar-refractivity contribution in [3.63, 3.8) is 0 Å². The normalized spacial score (nSPS) is 18.2. The molecule has 1 aliphatic heterocycles. The minimum Gasteiger partial charge on any atom is -0.376 e. The van der Waals surface area contributed by atoms with E-state index >= 15 is 0 Å². The van der Waals surface area contributed by atoms with E-state index in [4.69, 9.17) is 4.74 Å². The molecule has 0 aliphatic carbocycles. The van der Waals surface area contributed by atoms with Crippen molar-refractivity contribution in [2.45, 2.75) is 46.1 Å². The lowest BCUT2D eigenvalue weighted by Gasteiger charge is -2.22. The van der Waals surface area contributed by atoms with Gasteiger partial charge < -0.3 is 9.64 Å². The van der Waals surface area contributed by atoms with E-state index in [-0.39, 0.29) is 12.0 Å². The van der Waals surface area contributed by atoms with Gasteiger partial charge in [-0.2, -0.15) is 0 Å². The van der Waals surface area contributed by atoms with Gasteiger partial charge in [-0.1, -0.05) is 38.1 Å². The van der Waals surface area contributed by atoms with Gasteiger partial charge in [0.05, 0.1) is 11.8 Å². The molecular weight excluding hydrogens is 332 g/mol. The smallest absolute Gasteiger partial charge is 0.265 e. The number of amides is 1. The first-order chi connectivity index (χ1) is 12.1. The van der Waals surface area contributed by atoms with Gasteiger partial charge in [-0.3, -0.25) is 4.79 Å². The molecular formula is C20H26N2O2S. The standard InChI is InChI=1S/C20H26N2O2S/c1-4-15-7-9-16(10-8-15)19-21-14(3)18(25-19)20(23)22-11-6-12-24-17(5-2)13-22/h7-10,17H,4-6,11-13H2,1-3H3/t17-/m0/s1. The van der Waals surface area contributed by atoms with Gasteiger partial charge in [0.1, 0.15) is 9.88 Å². The fraction of sp³-hybridized carbons (Fsp3) is 0.500. The average Bonchev–Trinajstić information content (AvgIpc) is 2.88. The van der Waals surface area contributed by atoms with Gasteiger partial charge in [0.2, 0.25) is 0 Å². The summed E-state index contributed by atoms with van der Waals surface area (Å²) in [6.07, 6.45) is 2.99. The van der Waals surface area contributed by atoms with Crippen molar-refractivity contribution in [3.8, 4) is 10.6 Å². The zero-order valence-corrected chi connectivity index (χ0v) is 16.1. The van der Waals surface area contributed by atoms with Crippen LogP contribution in [0.1, 0.15) is 47.6 Å². The van der Waals surface area contributed by atoms with Crippen LogP contribution in [0, 0.1) is 6.92 Å². The largest absolute Gasteiger partial charge is 0.376 e. The molecule has 1 aliphatic rings. The second-order valence-electron chi connectivity index (χ2n) is 6.49. The molecule has 1 fully saturated rings. The Bertz CT molecular complexity index is 724. The number of aromatic nitrogens is 1. The van der Waals surface area contributed by atoms with Gasteiger partial charge in [0, 0.05) is 25.3 Å². The quantitative estimate of drug-likeness (QED) is 0.817. The highest BCUT2D eigenvalue weighted by molar-refractivity contribution is 7.17. The van der Waals surface area contributed by atoms with E-state index in [0.717, 1.165) is 53.6 Å². The molecule has 2 heterocycles. The van der Waals surface area contributed by atoms with Gasteiger partial charge in [-0.25, -0.2) is 4.98 Å². The van der Waals surface area contributed by atoms with Crippen molar-refractivity contribution in [2.75, 3.05) is 19.7 Å². The number of ether oxygens (including phenoxy) is 1. The summed E-state index contributed by atoms with van der Waals surface area (Å²) in [7, 11) is 0. The number of nitrogens with zero attached hydrogens (tertiary/aromatic N) is 2. The summed E-state index contributed by atoms with van der Waals surface area (Å²) in [5, 5.41) is 0.918. The van der Waals surface area contributed by atoms with Gasteiger partial charge in [-0.15, -0.1) is 11.3 Å². The van der Waals surface area contributed by atoms with E-state index in [9.17, 15) is 4.79 Å². The fourth-order valence-corrected chi connectivity index (χ4v) is 4.11. The Kier molecular flexibility index (Phi) is 5.86. The first-order valence-electron chi connectivity index (χ1n) is 9.10. The lowest BCUT2D eigenvalue weighted by molar-refractivity contribution is 0.0461. The van der Waals surface area contributed by atoms with Crippen LogP contribution in [0.3, 0.4) is 0 Å². The molecule has 0 unspecified atom stereocenters. The molecule has 25 heavy (non-hydrogen) atoms. The zero-order valence-electron chi connectivity index (χ0n) is 15.2. The Morgan fingerprint density at radius 2 is 2.08 bits per heavy atom. The molecule has 3 rings (SSSR count). The van der Waals surface area contributed by atoms with Crippen LogP contribution in [-0.4, -0.2) is 41.6 Å². The van der Waals surface area contributed by atoms with Crippen molar-refractivity contribution in [2.24, 2.45) is 0 Å². The van der Waals surface area contributed by atoms with Gasteiger partial charge in [0.25, 0.3) is 5.91 Å². The highest BCUT2D eigenvalue weighted by atomic mass is 32.1. The number of aryl methyl sites for hydroxylation is 2. The second-order valence-corrected chi connectivity index (χ2v) is 7.49. The van der Waals surface area contributed by atoms with E-state index in [0.29, 0.717) is 6.54 Å². The number of thiazole rings is 1. The maximum atomic E-state index is 13.0. The minimum absolute atomic E-state index is 0.0929. The Balaban J connectivity index is 1.82. The zero-order chi connectivity index (χ0) is 17.8. The van der Waals surface area contributed by atoms with Gasteiger partial charge in [0.15, 0.2) is 0 Å². The monoisotopic (exact) mass is 358 g/mol. The van der Waals surface area contributed by atoms with Gasteiger partial charge in [-0.05, 0) is 31.7 Å². The average molecular weight is 359 g/mol. The maximum Gasteiger partial charge on any atom is 0.265 e. The Morgan fingerprint density at radius 1 is 1.32 bits per heavy atom. The molecule has 134 valence electrons. The first kappa shape index (κ1) is 18.1. The van der Waals surface area contributed by atoms with Gasteiger partial charge >= 0.3 is 0 Å². The predicted octanol–water partition coefficient (Wildman–Crippen LogP) is 4.32. The molecule has 5 heteroatoms. The van der Waals surface area contributed by atoms with Crippen molar-refractivity contribution in [1.82, 2.24) is 9.88 Å². The Morgan fingerprint density at radius 3 is 2.76 bits per heavy atom. The highest BCUT2D eigenvalue weighted by Crippen LogP contribution is 2.29. The fourth-order valence-electron chi connectivity index (χ4n) is 3.07. The molecule has 1 amide bonds. The van der Waals surface area contributed by atoms with E-state index < -0.39 is 0 Å². The number of rotatable bonds is 4. The molecule has 1 saturated heterocycles. The van der Waals surface area contributed by atoms with E-state index in [1.165, 1.54) is 16.9 Å². The third-order valence-electron chi connectivity index (χ3n) is 4.69. The number of hydrogen-bond donors (Lipinski definition) is 0. The van der Waals surface area contributed by atoms with Crippen molar-refractivity contribution in [3.05, 3.63) is 40.4 Å². The summed E-state index contributed by atoms with van der Waals surface area (Å²) in [6, 6.07) is 8.45. The summed E-state index contributed by atoms with van der Waals surface area (Å²) >= 11 is 1.50. The van der Waals surface area contributed by atoms with Crippen molar-refractivity contribution in [1.29, 1.82) is 0 Å². The van der Waals surface area contributed by atoms with E-state index in [1.54, 1.807) is 0 Å². The summed E-state index contributed by atoms with van der Waals surface area (Å²) in [6.45, 7) is 8.35. The topological polar surface area (TPSA) is 42.4 Å². The molecule has 0 radical (unpaired) electrons. The lowest BCUT2D eigenvalue weighted by Crippen LogP contribution is -2.36. The highest BCUT2D eigenvalue weighted by Gasteiger charge is 2.25. The maximum absolute atomic E-state index is 13.0. The minimum atomic E-state index is 0.0929. The van der Waals surface area contributed by atoms with Crippen LogP contribution < -0.4 is 0 Å². The van der Waals surface area contributed by atoms with E-state index in [2.05, 4.69) is 43.1 Å². The number of benzene rings is 1. The second kappa shape index (κ2) is 8.11.